The summed E-state index contributed by atoms with van der Waals surface area (Å²) in [7, 11) is 0. The number of carboxylic acids is 2. The van der Waals surface area contributed by atoms with Crippen molar-refractivity contribution < 1.29 is 19.8 Å². The van der Waals surface area contributed by atoms with E-state index in [1.165, 1.54) is 5.57 Å². The summed E-state index contributed by atoms with van der Waals surface area (Å²) < 4.78 is 0. The van der Waals surface area contributed by atoms with Crippen molar-refractivity contribution in [1.29, 1.82) is 0 Å². The van der Waals surface area contributed by atoms with Gasteiger partial charge in [0.1, 0.15) is 0 Å². The molecule has 2 aliphatic carbocycles. The van der Waals surface area contributed by atoms with Crippen LogP contribution in [0.2, 0.25) is 0 Å². The fourth-order valence-electron chi connectivity index (χ4n) is 5.59. The number of fused-ring (bicyclic) bond motifs is 1. The highest BCUT2D eigenvalue weighted by Gasteiger charge is 2.57. The van der Waals surface area contributed by atoms with Crippen LogP contribution in [-0.4, -0.2) is 22.2 Å². The van der Waals surface area contributed by atoms with Crippen LogP contribution in [0.5, 0.6) is 0 Å². The van der Waals surface area contributed by atoms with Crippen LogP contribution in [0.4, 0.5) is 0 Å². The molecule has 0 aliphatic heterocycles. The highest BCUT2D eigenvalue weighted by Crippen LogP contribution is 2.62. The number of allylic oxidation sites excluding steroid dienone is 1. The highest BCUT2D eigenvalue weighted by molar-refractivity contribution is 5.75. The van der Waals surface area contributed by atoms with Gasteiger partial charge in [-0.2, -0.15) is 0 Å². The number of carboxylic acid groups (broad SMARTS) is 2. The molecule has 0 heterocycles. The van der Waals surface area contributed by atoms with Crippen molar-refractivity contribution >= 4 is 11.9 Å². The molecule has 0 bridgehead atoms. The minimum Gasteiger partial charge on any atom is -0.481 e. The van der Waals surface area contributed by atoms with Gasteiger partial charge in [0, 0.05) is 6.42 Å². The van der Waals surface area contributed by atoms with E-state index in [1.807, 2.05) is 13.8 Å². The van der Waals surface area contributed by atoms with Crippen LogP contribution in [-0.2, 0) is 9.59 Å². The molecule has 0 aromatic heterocycles. The standard InChI is InChI=1S/C20H32O4/c1-13(12-17(21)22)6-8-15-14(2)7-9-16-19(15,3)10-5-11-20(16,4)18(23)24/h13,15-16H,2,5-12H2,1,3-4H3,(H,21,22)(H,23,24)/t13-,15-,16-,19+,20+/m0/s1. The van der Waals surface area contributed by atoms with Gasteiger partial charge >= 0.3 is 11.9 Å². The molecule has 2 fully saturated rings. The Kier molecular flexibility index (Phi) is 5.46. The number of hydrogen-bond acceptors (Lipinski definition) is 2. The van der Waals surface area contributed by atoms with Gasteiger partial charge in [-0.05, 0) is 68.6 Å². The van der Waals surface area contributed by atoms with E-state index in [9.17, 15) is 14.7 Å². The van der Waals surface area contributed by atoms with Gasteiger partial charge in [-0.25, -0.2) is 0 Å². The van der Waals surface area contributed by atoms with Gasteiger partial charge in [0.2, 0.25) is 0 Å². The lowest BCUT2D eigenvalue weighted by atomic mass is 9.46. The van der Waals surface area contributed by atoms with E-state index in [0.717, 1.165) is 44.9 Å². The molecule has 2 N–H and O–H groups in total. The van der Waals surface area contributed by atoms with Crippen molar-refractivity contribution in [3.8, 4) is 0 Å². The molecule has 4 nitrogen and oxygen atoms in total. The highest BCUT2D eigenvalue weighted by atomic mass is 16.4. The Bertz CT molecular complexity index is 526. The zero-order valence-electron chi connectivity index (χ0n) is 15.3. The largest absolute Gasteiger partial charge is 0.481 e. The van der Waals surface area contributed by atoms with E-state index in [-0.39, 0.29) is 23.7 Å². The van der Waals surface area contributed by atoms with Crippen LogP contribution in [0.15, 0.2) is 12.2 Å². The Morgan fingerprint density at radius 3 is 2.54 bits per heavy atom. The van der Waals surface area contributed by atoms with Gasteiger partial charge in [-0.15, -0.1) is 0 Å². The molecule has 24 heavy (non-hydrogen) atoms. The van der Waals surface area contributed by atoms with Gasteiger partial charge in [-0.1, -0.05) is 32.4 Å². The molecule has 4 heteroatoms. The second kappa shape index (κ2) is 6.89. The van der Waals surface area contributed by atoms with E-state index < -0.39 is 17.4 Å². The van der Waals surface area contributed by atoms with Gasteiger partial charge in [-0.3, -0.25) is 9.59 Å². The second-order valence-corrected chi connectivity index (χ2v) is 8.66. The van der Waals surface area contributed by atoms with Gasteiger partial charge in [0.15, 0.2) is 0 Å². The SMILES string of the molecule is C=C1CC[C@H]2[C@](C)(CCC[C@@]2(C)C(=O)O)[C@H]1CC[C@H](C)CC(=O)O. The summed E-state index contributed by atoms with van der Waals surface area (Å²) in [6.45, 7) is 10.5. The average molecular weight is 336 g/mol. The first-order chi connectivity index (χ1) is 11.1. The van der Waals surface area contributed by atoms with Gasteiger partial charge < -0.3 is 10.2 Å². The lowest BCUT2D eigenvalue weighted by Gasteiger charge is -2.57. The number of aliphatic carboxylic acids is 2. The van der Waals surface area contributed by atoms with Crippen LogP contribution in [0.1, 0.15) is 72.1 Å². The predicted molar refractivity (Wildman–Crippen MR) is 93.7 cm³/mol. The number of carbonyl (C=O) groups is 2. The lowest BCUT2D eigenvalue weighted by molar-refractivity contribution is -0.164. The molecular weight excluding hydrogens is 304 g/mol. The van der Waals surface area contributed by atoms with Crippen molar-refractivity contribution in [1.82, 2.24) is 0 Å². The summed E-state index contributed by atoms with van der Waals surface area (Å²) in [6.07, 6.45) is 6.57. The minimum atomic E-state index is -0.745. The summed E-state index contributed by atoms with van der Waals surface area (Å²) in [5.74, 6) is -0.768. The first-order valence-electron chi connectivity index (χ1n) is 9.24. The Hall–Kier alpha value is -1.32. The maximum Gasteiger partial charge on any atom is 0.309 e. The Morgan fingerprint density at radius 1 is 1.29 bits per heavy atom. The molecule has 2 aliphatic rings. The molecule has 0 unspecified atom stereocenters. The fourth-order valence-corrected chi connectivity index (χ4v) is 5.59. The van der Waals surface area contributed by atoms with E-state index in [4.69, 9.17) is 5.11 Å². The van der Waals surface area contributed by atoms with Crippen LogP contribution in [0.25, 0.3) is 0 Å². The molecule has 5 atom stereocenters. The fraction of sp³-hybridized carbons (Fsp3) is 0.800. The summed E-state index contributed by atoms with van der Waals surface area (Å²) >= 11 is 0. The summed E-state index contributed by atoms with van der Waals surface area (Å²) in [5, 5.41) is 18.8. The summed E-state index contributed by atoms with van der Waals surface area (Å²) in [5.41, 5.74) is 0.577. The maximum absolute atomic E-state index is 12.0. The summed E-state index contributed by atoms with van der Waals surface area (Å²) in [4.78, 5) is 22.9. The summed E-state index contributed by atoms with van der Waals surface area (Å²) in [6, 6.07) is 0. The van der Waals surface area contributed by atoms with Gasteiger partial charge in [0.05, 0.1) is 5.41 Å². The van der Waals surface area contributed by atoms with Crippen LogP contribution in [0.3, 0.4) is 0 Å². The first kappa shape index (κ1) is 19.0. The van der Waals surface area contributed by atoms with Crippen LogP contribution in [0, 0.1) is 28.6 Å². The first-order valence-corrected chi connectivity index (χ1v) is 9.24. The minimum absolute atomic E-state index is 0.0241. The van der Waals surface area contributed by atoms with Crippen molar-refractivity contribution in [2.24, 2.45) is 28.6 Å². The third kappa shape index (κ3) is 3.38. The van der Waals surface area contributed by atoms with Gasteiger partial charge in [0.25, 0.3) is 0 Å². The van der Waals surface area contributed by atoms with E-state index in [0.29, 0.717) is 5.92 Å². The van der Waals surface area contributed by atoms with Crippen molar-refractivity contribution in [3.63, 3.8) is 0 Å². The molecule has 0 aromatic rings. The maximum atomic E-state index is 12.0. The quantitative estimate of drug-likeness (QED) is 0.687. The molecule has 2 rings (SSSR count). The number of hydrogen-bond donors (Lipinski definition) is 2. The Morgan fingerprint density at radius 2 is 1.96 bits per heavy atom. The molecule has 0 aromatic carbocycles. The average Bonchev–Trinajstić information content (AvgIpc) is 2.45. The van der Waals surface area contributed by atoms with E-state index in [2.05, 4.69) is 13.5 Å². The Labute approximate surface area is 145 Å². The third-order valence-electron chi connectivity index (χ3n) is 6.98. The lowest BCUT2D eigenvalue weighted by Crippen LogP contribution is -2.53. The zero-order valence-corrected chi connectivity index (χ0v) is 15.3. The molecule has 0 radical (unpaired) electrons. The Balaban J connectivity index is 2.19. The van der Waals surface area contributed by atoms with Crippen LogP contribution < -0.4 is 0 Å². The monoisotopic (exact) mass is 336 g/mol. The predicted octanol–water partition coefficient (Wildman–Crippen LogP) is 4.74. The third-order valence-corrected chi connectivity index (χ3v) is 6.98. The molecule has 0 amide bonds. The zero-order chi connectivity index (χ0) is 18.1. The number of rotatable bonds is 6. The molecule has 136 valence electrons. The van der Waals surface area contributed by atoms with Crippen molar-refractivity contribution in [3.05, 3.63) is 12.2 Å². The molecular formula is C20H32O4. The van der Waals surface area contributed by atoms with E-state index in [1.54, 1.807) is 0 Å². The van der Waals surface area contributed by atoms with Crippen LogP contribution >= 0.6 is 0 Å². The van der Waals surface area contributed by atoms with E-state index >= 15 is 0 Å². The molecule has 0 saturated heterocycles. The van der Waals surface area contributed by atoms with Crippen molar-refractivity contribution in [2.45, 2.75) is 72.1 Å². The smallest absolute Gasteiger partial charge is 0.309 e. The topological polar surface area (TPSA) is 74.6 Å². The molecule has 0 spiro atoms. The molecule has 2 saturated carbocycles. The normalized spacial score (nSPS) is 37.5. The van der Waals surface area contributed by atoms with Crippen molar-refractivity contribution in [2.75, 3.05) is 0 Å². The second-order valence-electron chi connectivity index (χ2n) is 8.66.